The molecule has 7 heteroatoms. The van der Waals surface area contributed by atoms with Crippen LogP contribution in [0.4, 0.5) is 5.69 Å². The van der Waals surface area contributed by atoms with Crippen LogP contribution in [0.5, 0.6) is 17.2 Å². The fraction of sp³-hybridized carbons (Fsp3) is 0.259. The molecule has 0 spiro atoms. The summed E-state index contributed by atoms with van der Waals surface area (Å²) in [6.07, 6.45) is 0.210. The molecule has 0 radical (unpaired) electrons. The van der Waals surface area contributed by atoms with Gasteiger partial charge in [0.1, 0.15) is 5.75 Å². The van der Waals surface area contributed by atoms with E-state index >= 15 is 0 Å². The maximum atomic E-state index is 13.5. The number of carbonyl (C=O) groups excluding carboxylic acids is 2. The van der Waals surface area contributed by atoms with Crippen LogP contribution in [0.2, 0.25) is 0 Å². The van der Waals surface area contributed by atoms with Crippen molar-refractivity contribution < 1.29 is 28.5 Å². The SMILES string of the molecule is CCOc1ccc(C2c3cc(OC)c(OC)cc3CC(=O)N2c2ccc(C(=O)OC)cc2)cc1. The lowest BCUT2D eigenvalue weighted by Gasteiger charge is -2.38. The Hall–Kier alpha value is -4.00. The molecule has 1 heterocycles. The van der Waals surface area contributed by atoms with Crippen LogP contribution in [0.15, 0.2) is 60.7 Å². The third-order valence-electron chi connectivity index (χ3n) is 5.88. The zero-order valence-corrected chi connectivity index (χ0v) is 19.7. The van der Waals surface area contributed by atoms with Crippen LogP contribution >= 0.6 is 0 Å². The van der Waals surface area contributed by atoms with Crippen molar-refractivity contribution in [1.29, 1.82) is 0 Å². The van der Waals surface area contributed by atoms with Crippen molar-refractivity contribution in [1.82, 2.24) is 0 Å². The summed E-state index contributed by atoms with van der Waals surface area (Å²) in [4.78, 5) is 27.1. The highest BCUT2D eigenvalue weighted by Crippen LogP contribution is 2.43. The maximum absolute atomic E-state index is 13.5. The molecule has 3 aromatic rings. The lowest BCUT2D eigenvalue weighted by molar-refractivity contribution is -0.118. The van der Waals surface area contributed by atoms with Crippen LogP contribution in [0.3, 0.4) is 0 Å². The van der Waals surface area contributed by atoms with Gasteiger partial charge in [-0.1, -0.05) is 12.1 Å². The molecule has 1 aliphatic heterocycles. The van der Waals surface area contributed by atoms with Gasteiger partial charge in [0.05, 0.1) is 46.0 Å². The van der Waals surface area contributed by atoms with E-state index in [4.69, 9.17) is 18.9 Å². The number of ether oxygens (including phenoxy) is 4. The van der Waals surface area contributed by atoms with Gasteiger partial charge in [0, 0.05) is 5.69 Å². The van der Waals surface area contributed by atoms with Crippen molar-refractivity contribution >= 4 is 17.6 Å². The minimum absolute atomic E-state index is 0.0653. The molecule has 0 fully saturated rings. The molecule has 4 rings (SSSR count). The average Bonchev–Trinajstić information content (AvgIpc) is 2.87. The summed E-state index contributed by atoms with van der Waals surface area (Å²) in [5.74, 6) is 1.43. The van der Waals surface area contributed by atoms with Crippen molar-refractivity contribution in [2.45, 2.75) is 19.4 Å². The maximum Gasteiger partial charge on any atom is 0.337 e. The fourth-order valence-corrected chi connectivity index (χ4v) is 4.29. The Balaban J connectivity index is 1.86. The average molecular weight is 462 g/mol. The molecule has 7 nitrogen and oxygen atoms in total. The van der Waals surface area contributed by atoms with Crippen LogP contribution in [-0.4, -0.2) is 39.8 Å². The standard InChI is InChI=1S/C27H27NO6/c1-5-34-21-12-8-17(9-13-21)26-22-16-24(32-3)23(31-2)14-19(22)15-25(29)28(26)20-10-6-18(7-11-20)27(30)33-4/h6-14,16,26H,5,15H2,1-4H3. The monoisotopic (exact) mass is 461 g/mol. The molecule has 0 saturated heterocycles. The molecule has 0 aromatic heterocycles. The number of benzene rings is 3. The highest BCUT2D eigenvalue weighted by Gasteiger charge is 2.36. The van der Waals surface area contributed by atoms with Gasteiger partial charge in [-0.3, -0.25) is 4.79 Å². The van der Waals surface area contributed by atoms with Crippen molar-refractivity contribution in [3.8, 4) is 17.2 Å². The highest BCUT2D eigenvalue weighted by atomic mass is 16.5. The highest BCUT2D eigenvalue weighted by molar-refractivity contribution is 5.99. The summed E-state index contributed by atoms with van der Waals surface area (Å²) >= 11 is 0. The van der Waals surface area contributed by atoms with Gasteiger partial charge in [0.15, 0.2) is 11.5 Å². The molecule has 3 aromatic carbocycles. The number of esters is 1. The Bertz CT molecular complexity index is 1190. The van der Waals surface area contributed by atoms with Crippen molar-refractivity contribution in [3.05, 3.63) is 82.9 Å². The Morgan fingerprint density at radius 3 is 2.18 bits per heavy atom. The van der Waals surface area contributed by atoms with Gasteiger partial charge in [0.25, 0.3) is 0 Å². The summed E-state index contributed by atoms with van der Waals surface area (Å²) in [6.45, 7) is 2.50. The lowest BCUT2D eigenvalue weighted by Crippen LogP contribution is -2.41. The summed E-state index contributed by atoms with van der Waals surface area (Å²) in [5, 5.41) is 0. The number of amides is 1. The van der Waals surface area contributed by atoms with Crippen LogP contribution in [0.1, 0.15) is 40.0 Å². The van der Waals surface area contributed by atoms with Crippen LogP contribution in [0, 0.1) is 0 Å². The summed E-state index contributed by atoms with van der Waals surface area (Å²) < 4.78 is 21.4. The number of methoxy groups -OCH3 is 3. The van der Waals surface area contributed by atoms with Gasteiger partial charge in [-0.15, -0.1) is 0 Å². The number of fused-ring (bicyclic) bond motifs is 1. The smallest absolute Gasteiger partial charge is 0.337 e. The van der Waals surface area contributed by atoms with Crippen molar-refractivity contribution in [2.24, 2.45) is 0 Å². The van der Waals surface area contributed by atoms with E-state index in [2.05, 4.69) is 0 Å². The second-order valence-electron chi connectivity index (χ2n) is 7.79. The predicted molar refractivity (Wildman–Crippen MR) is 128 cm³/mol. The molecule has 1 unspecified atom stereocenters. The molecular weight excluding hydrogens is 434 g/mol. The first-order valence-electron chi connectivity index (χ1n) is 11.0. The number of anilines is 1. The Labute approximate surface area is 198 Å². The van der Waals surface area contributed by atoms with E-state index in [0.717, 1.165) is 22.4 Å². The second kappa shape index (κ2) is 9.87. The molecule has 1 aliphatic rings. The zero-order chi connectivity index (χ0) is 24.2. The van der Waals surface area contributed by atoms with E-state index < -0.39 is 12.0 Å². The molecule has 34 heavy (non-hydrogen) atoms. The molecule has 1 amide bonds. The zero-order valence-electron chi connectivity index (χ0n) is 19.7. The van der Waals surface area contributed by atoms with Gasteiger partial charge >= 0.3 is 5.97 Å². The fourth-order valence-electron chi connectivity index (χ4n) is 4.29. The minimum atomic E-state index is -0.429. The number of rotatable bonds is 7. The molecule has 0 N–H and O–H groups in total. The largest absolute Gasteiger partial charge is 0.494 e. The van der Waals surface area contributed by atoms with Gasteiger partial charge in [-0.2, -0.15) is 0 Å². The quantitative estimate of drug-likeness (QED) is 0.480. The predicted octanol–water partition coefficient (Wildman–Crippen LogP) is 4.57. The van der Waals surface area contributed by atoms with Crippen LogP contribution < -0.4 is 19.1 Å². The topological polar surface area (TPSA) is 74.3 Å². The number of hydrogen-bond acceptors (Lipinski definition) is 6. The van der Waals surface area contributed by atoms with E-state index in [1.165, 1.54) is 7.11 Å². The molecule has 176 valence electrons. The molecule has 1 atom stereocenters. The summed E-state index contributed by atoms with van der Waals surface area (Å²) in [5.41, 5.74) is 3.83. The van der Waals surface area contributed by atoms with Crippen LogP contribution in [0.25, 0.3) is 0 Å². The first-order chi connectivity index (χ1) is 16.5. The van der Waals surface area contributed by atoms with E-state index in [0.29, 0.717) is 29.4 Å². The van der Waals surface area contributed by atoms with Crippen molar-refractivity contribution in [2.75, 3.05) is 32.8 Å². The third-order valence-corrected chi connectivity index (χ3v) is 5.88. The van der Waals surface area contributed by atoms with E-state index in [-0.39, 0.29) is 12.3 Å². The number of carbonyl (C=O) groups is 2. The van der Waals surface area contributed by atoms with Gasteiger partial charge in [-0.25, -0.2) is 4.79 Å². The molecular formula is C27H27NO6. The summed E-state index contributed by atoms with van der Waals surface area (Å²) in [7, 11) is 4.51. The molecule has 0 saturated carbocycles. The normalized spacial score (nSPS) is 14.9. The summed E-state index contributed by atoms with van der Waals surface area (Å²) in [6, 6.07) is 18.0. The Kier molecular flexibility index (Phi) is 6.72. The first-order valence-corrected chi connectivity index (χ1v) is 11.0. The van der Waals surface area contributed by atoms with E-state index in [9.17, 15) is 9.59 Å². The number of nitrogens with zero attached hydrogens (tertiary/aromatic N) is 1. The van der Waals surface area contributed by atoms with Crippen LogP contribution in [-0.2, 0) is 16.0 Å². The van der Waals surface area contributed by atoms with E-state index in [1.54, 1.807) is 43.4 Å². The Morgan fingerprint density at radius 2 is 1.59 bits per heavy atom. The van der Waals surface area contributed by atoms with E-state index in [1.807, 2.05) is 43.3 Å². The third kappa shape index (κ3) is 4.29. The Morgan fingerprint density at radius 1 is 0.941 bits per heavy atom. The second-order valence-corrected chi connectivity index (χ2v) is 7.79. The van der Waals surface area contributed by atoms with Gasteiger partial charge < -0.3 is 23.8 Å². The van der Waals surface area contributed by atoms with Gasteiger partial charge in [0.2, 0.25) is 5.91 Å². The van der Waals surface area contributed by atoms with Gasteiger partial charge in [-0.05, 0) is 72.1 Å². The lowest BCUT2D eigenvalue weighted by atomic mass is 9.86. The molecule has 0 aliphatic carbocycles. The molecule has 0 bridgehead atoms. The van der Waals surface area contributed by atoms with Crippen molar-refractivity contribution in [3.63, 3.8) is 0 Å². The number of hydrogen-bond donors (Lipinski definition) is 0. The minimum Gasteiger partial charge on any atom is -0.494 e. The first kappa shape index (κ1) is 23.2.